The summed E-state index contributed by atoms with van der Waals surface area (Å²) in [7, 11) is 0. The predicted molar refractivity (Wildman–Crippen MR) is 62.1 cm³/mol. The average Bonchev–Trinajstić information content (AvgIpc) is 2.48. The molecule has 1 heterocycles. The van der Waals surface area contributed by atoms with Crippen LogP contribution in [0.2, 0.25) is 0 Å². The van der Waals surface area contributed by atoms with Crippen molar-refractivity contribution in [3.05, 3.63) is 21.0 Å². The molecule has 1 atom stereocenters. The van der Waals surface area contributed by atoms with E-state index in [9.17, 15) is 0 Å². The van der Waals surface area contributed by atoms with Gasteiger partial charge in [-0.3, -0.25) is 0 Å². The SMILES string of the molecule is CC[C@@H](CO)NCc1cc(Br)c(Br)o1. The second kappa shape index (κ2) is 5.90. The van der Waals surface area contributed by atoms with Crippen molar-refractivity contribution in [1.29, 1.82) is 0 Å². The van der Waals surface area contributed by atoms with Crippen molar-refractivity contribution in [3.63, 3.8) is 0 Å². The van der Waals surface area contributed by atoms with Crippen molar-refractivity contribution >= 4 is 31.9 Å². The van der Waals surface area contributed by atoms with Gasteiger partial charge in [-0.15, -0.1) is 0 Å². The first kappa shape index (κ1) is 12.2. The van der Waals surface area contributed by atoms with Crippen LogP contribution < -0.4 is 5.32 Å². The van der Waals surface area contributed by atoms with Crippen LogP contribution in [-0.4, -0.2) is 17.8 Å². The van der Waals surface area contributed by atoms with E-state index >= 15 is 0 Å². The van der Waals surface area contributed by atoms with E-state index in [4.69, 9.17) is 9.52 Å². The quantitative estimate of drug-likeness (QED) is 0.874. The zero-order valence-corrected chi connectivity index (χ0v) is 11.1. The van der Waals surface area contributed by atoms with Crippen LogP contribution in [0.3, 0.4) is 0 Å². The lowest BCUT2D eigenvalue weighted by Crippen LogP contribution is -2.30. The summed E-state index contributed by atoms with van der Waals surface area (Å²) in [6.07, 6.45) is 0.902. The Kier molecular flexibility index (Phi) is 5.15. The standard InChI is InChI=1S/C9H13Br2NO2/c1-2-6(5-13)12-4-7-3-8(10)9(11)14-7/h3,6,12-13H,2,4-5H2,1H3/t6-/m0/s1. The molecule has 5 heteroatoms. The maximum Gasteiger partial charge on any atom is 0.183 e. The number of rotatable bonds is 5. The van der Waals surface area contributed by atoms with Crippen LogP contribution in [0.5, 0.6) is 0 Å². The second-order valence-corrected chi connectivity index (χ2v) is 4.58. The average molecular weight is 327 g/mol. The molecule has 14 heavy (non-hydrogen) atoms. The molecular weight excluding hydrogens is 314 g/mol. The molecule has 0 aromatic carbocycles. The van der Waals surface area contributed by atoms with Gasteiger partial charge in [-0.05, 0) is 44.3 Å². The number of nitrogens with one attached hydrogen (secondary N) is 1. The van der Waals surface area contributed by atoms with Crippen LogP contribution in [0.1, 0.15) is 19.1 Å². The lowest BCUT2D eigenvalue weighted by Gasteiger charge is -2.11. The molecule has 0 amide bonds. The van der Waals surface area contributed by atoms with Crippen molar-refractivity contribution < 1.29 is 9.52 Å². The molecular formula is C9H13Br2NO2. The Hall–Kier alpha value is 0.160. The summed E-state index contributed by atoms with van der Waals surface area (Å²) in [6, 6.07) is 2.04. The van der Waals surface area contributed by atoms with E-state index in [1.54, 1.807) is 0 Å². The van der Waals surface area contributed by atoms with E-state index in [0.717, 1.165) is 16.7 Å². The van der Waals surface area contributed by atoms with Crippen LogP contribution in [0.25, 0.3) is 0 Å². The minimum Gasteiger partial charge on any atom is -0.452 e. The van der Waals surface area contributed by atoms with E-state index in [1.165, 1.54) is 0 Å². The predicted octanol–water partition coefficient (Wildman–Crippen LogP) is 2.67. The van der Waals surface area contributed by atoms with Gasteiger partial charge in [0, 0.05) is 6.04 Å². The Balaban J connectivity index is 2.45. The van der Waals surface area contributed by atoms with Gasteiger partial charge in [0.25, 0.3) is 0 Å². The summed E-state index contributed by atoms with van der Waals surface area (Å²) >= 11 is 6.61. The molecule has 0 radical (unpaired) electrons. The van der Waals surface area contributed by atoms with Gasteiger partial charge in [-0.2, -0.15) is 0 Å². The highest BCUT2D eigenvalue weighted by Gasteiger charge is 2.08. The third-order valence-electron chi connectivity index (χ3n) is 1.97. The van der Waals surface area contributed by atoms with Crippen molar-refractivity contribution in [2.75, 3.05) is 6.61 Å². The maximum atomic E-state index is 8.95. The Morgan fingerprint density at radius 3 is 2.71 bits per heavy atom. The van der Waals surface area contributed by atoms with Gasteiger partial charge in [0.05, 0.1) is 17.6 Å². The van der Waals surface area contributed by atoms with Crippen molar-refractivity contribution in [3.8, 4) is 0 Å². The van der Waals surface area contributed by atoms with Gasteiger partial charge in [-0.1, -0.05) is 6.92 Å². The first-order chi connectivity index (χ1) is 6.67. The number of hydrogen-bond donors (Lipinski definition) is 2. The minimum atomic E-state index is 0.137. The lowest BCUT2D eigenvalue weighted by molar-refractivity contribution is 0.235. The van der Waals surface area contributed by atoms with Crippen LogP contribution >= 0.6 is 31.9 Å². The molecule has 1 aromatic rings. The third kappa shape index (κ3) is 3.38. The van der Waals surface area contributed by atoms with E-state index in [2.05, 4.69) is 37.2 Å². The fourth-order valence-corrected chi connectivity index (χ4v) is 1.72. The van der Waals surface area contributed by atoms with Crippen molar-refractivity contribution in [1.82, 2.24) is 5.32 Å². The monoisotopic (exact) mass is 325 g/mol. The molecule has 0 unspecified atom stereocenters. The molecule has 0 saturated heterocycles. The summed E-state index contributed by atoms with van der Waals surface area (Å²) in [5.41, 5.74) is 0. The smallest absolute Gasteiger partial charge is 0.183 e. The molecule has 0 aliphatic heterocycles. The van der Waals surface area contributed by atoms with Gasteiger partial charge < -0.3 is 14.8 Å². The molecule has 0 aliphatic carbocycles. The first-order valence-electron chi connectivity index (χ1n) is 4.45. The Bertz CT molecular complexity index is 265. The number of aliphatic hydroxyl groups excluding tert-OH is 1. The van der Waals surface area contributed by atoms with Gasteiger partial charge in [0.15, 0.2) is 4.67 Å². The molecule has 0 spiro atoms. The number of halogens is 2. The summed E-state index contributed by atoms with van der Waals surface area (Å²) in [4.78, 5) is 0. The number of furan rings is 1. The van der Waals surface area contributed by atoms with E-state index < -0.39 is 0 Å². The van der Waals surface area contributed by atoms with E-state index in [1.807, 2.05) is 13.0 Å². The summed E-state index contributed by atoms with van der Waals surface area (Å²) < 4.78 is 6.99. The largest absolute Gasteiger partial charge is 0.452 e. The Morgan fingerprint density at radius 1 is 1.57 bits per heavy atom. The molecule has 3 nitrogen and oxygen atoms in total. The normalized spacial score (nSPS) is 13.1. The van der Waals surface area contributed by atoms with Crippen molar-refractivity contribution in [2.24, 2.45) is 0 Å². The lowest BCUT2D eigenvalue weighted by atomic mass is 10.2. The number of aliphatic hydroxyl groups is 1. The van der Waals surface area contributed by atoms with Crippen molar-refractivity contribution in [2.45, 2.75) is 25.9 Å². The van der Waals surface area contributed by atoms with Crippen LogP contribution in [0.15, 0.2) is 19.6 Å². The first-order valence-corrected chi connectivity index (χ1v) is 6.04. The highest BCUT2D eigenvalue weighted by atomic mass is 79.9. The highest BCUT2D eigenvalue weighted by molar-refractivity contribution is 9.13. The highest BCUT2D eigenvalue weighted by Crippen LogP contribution is 2.26. The zero-order chi connectivity index (χ0) is 10.6. The molecule has 80 valence electrons. The minimum absolute atomic E-state index is 0.137. The third-order valence-corrected chi connectivity index (χ3v) is 3.68. The molecule has 0 saturated carbocycles. The topological polar surface area (TPSA) is 45.4 Å². The van der Waals surface area contributed by atoms with Crippen LogP contribution in [0.4, 0.5) is 0 Å². The summed E-state index contributed by atoms with van der Waals surface area (Å²) in [5, 5.41) is 12.1. The second-order valence-electron chi connectivity index (χ2n) is 3.00. The van der Waals surface area contributed by atoms with Gasteiger partial charge in [0.2, 0.25) is 0 Å². The number of hydrogen-bond acceptors (Lipinski definition) is 3. The zero-order valence-electron chi connectivity index (χ0n) is 7.89. The molecule has 0 bridgehead atoms. The Labute approximate surface area is 100 Å². The summed E-state index contributed by atoms with van der Waals surface area (Å²) in [5.74, 6) is 0.843. The fraction of sp³-hybridized carbons (Fsp3) is 0.556. The molecule has 1 aromatic heterocycles. The van der Waals surface area contributed by atoms with Gasteiger partial charge in [-0.25, -0.2) is 0 Å². The van der Waals surface area contributed by atoms with Crippen LogP contribution in [0, 0.1) is 0 Å². The Morgan fingerprint density at radius 2 is 2.29 bits per heavy atom. The summed E-state index contributed by atoms with van der Waals surface area (Å²) in [6.45, 7) is 2.81. The molecule has 0 aliphatic rings. The maximum absolute atomic E-state index is 8.95. The van der Waals surface area contributed by atoms with Gasteiger partial charge in [0.1, 0.15) is 5.76 Å². The molecule has 0 fully saturated rings. The van der Waals surface area contributed by atoms with Crippen LogP contribution in [-0.2, 0) is 6.54 Å². The van der Waals surface area contributed by atoms with E-state index in [-0.39, 0.29) is 12.6 Å². The fourth-order valence-electron chi connectivity index (χ4n) is 1.06. The molecule has 2 N–H and O–H groups in total. The van der Waals surface area contributed by atoms with Gasteiger partial charge >= 0.3 is 0 Å². The van der Waals surface area contributed by atoms with E-state index in [0.29, 0.717) is 11.2 Å². The molecule has 1 rings (SSSR count).